The predicted molar refractivity (Wildman–Crippen MR) is 147 cm³/mol. The third-order valence-corrected chi connectivity index (χ3v) is 5.79. The van der Waals surface area contributed by atoms with Crippen molar-refractivity contribution in [2.45, 2.75) is 69.1 Å². The van der Waals surface area contributed by atoms with Gasteiger partial charge in [-0.15, -0.1) is 0 Å². The number of rotatable bonds is 19. The highest BCUT2D eigenvalue weighted by molar-refractivity contribution is 5.94. The van der Waals surface area contributed by atoms with Crippen molar-refractivity contribution in [2.75, 3.05) is 13.1 Å². The first-order valence-corrected chi connectivity index (χ1v) is 12.8. The summed E-state index contributed by atoms with van der Waals surface area (Å²) in [7, 11) is 0. The largest absolute Gasteiger partial charge is 0.481 e. The second-order valence-corrected chi connectivity index (χ2v) is 9.15. The van der Waals surface area contributed by atoms with E-state index in [0.717, 1.165) is 5.56 Å². The molecule has 0 saturated carbocycles. The van der Waals surface area contributed by atoms with Gasteiger partial charge in [-0.25, -0.2) is 4.79 Å². The van der Waals surface area contributed by atoms with Gasteiger partial charge in [-0.1, -0.05) is 30.3 Å². The minimum atomic E-state index is -1.70. The highest BCUT2D eigenvalue weighted by atomic mass is 16.4. The first-order valence-electron chi connectivity index (χ1n) is 12.8. The molecule has 0 spiro atoms. The van der Waals surface area contributed by atoms with Gasteiger partial charge in [-0.05, 0) is 50.6 Å². The number of hydrogen-bond donors (Lipinski definition) is 9. The van der Waals surface area contributed by atoms with E-state index in [2.05, 4.69) is 20.9 Å². The zero-order valence-electron chi connectivity index (χ0n) is 22.3. The first-order chi connectivity index (χ1) is 18.9. The van der Waals surface area contributed by atoms with E-state index in [0.29, 0.717) is 25.8 Å². The van der Waals surface area contributed by atoms with Crippen molar-refractivity contribution in [1.82, 2.24) is 16.0 Å². The topological polar surface area (TPSA) is 278 Å². The third kappa shape index (κ3) is 13.5. The zero-order chi connectivity index (χ0) is 30.1. The van der Waals surface area contributed by atoms with Crippen LogP contribution in [-0.2, 0) is 30.4 Å². The Balaban J connectivity index is 3.04. The van der Waals surface area contributed by atoms with Gasteiger partial charge in [0.1, 0.15) is 18.1 Å². The molecule has 3 amide bonds. The monoisotopic (exact) mass is 564 g/mol. The maximum Gasteiger partial charge on any atom is 0.326 e. The zero-order valence-corrected chi connectivity index (χ0v) is 22.3. The maximum atomic E-state index is 13.3. The fourth-order valence-corrected chi connectivity index (χ4v) is 3.69. The van der Waals surface area contributed by atoms with Crippen LogP contribution < -0.4 is 38.9 Å². The summed E-state index contributed by atoms with van der Waals surface area (Å²) in [6.07, 6.45) is 0.788. The summed E-state index contributed by atoms with van der Waals surface area (Å²) in [4.78, 5) is 65.3. The number of carboxylic acids is 2. The average Bonchev–Trinajstić information content (AvgIpc) is 2.89. The number of carbonyl (C=O) groups is 5. The number of aliphatic carboxylic acids is 2. The van der Waals surface area contributed by atoms with Gasteiger partial charge in [0.05, 0.1) is 12.5 Å². The molecule has 1 aromatic carbocycles. The number of hydrogen-bond acceptors (Lipinski definition) is 8. The van der Waals surface area contributed by atoms with Crippen LogP contribution in [0.25, 0.3) is 0 Å². The van der Waals surface area contributed by atoms with Crippen molar-refractivity contribution in [3.8, 4) is 0 Å². The molecule has 15 heteroatoms. The predicted octanol–water partition coefficient (Wildman–Crippen LogP) is -2.25. The molecule has 4 unspecified atom stereocenters. The Kier molecular flexibility index (Phi) is 15.3. The molecule has 222 valence electrons. The number of unbranched alkanes of at least 4 members (excludes halogenated alkanes) is 1. The maximum absolute atomic E-state index is 13.3. The van der Waals surface area contributed by atoms with Crippen LogP contribution in [0.1, 0.15) is 44.1 Å². The molecule has 0 aromatic heterocycles. The van der Waals surface area contributed by atoms with E-state index in [1.165, 1.54) is 0 Å². The van der Waals surface area contributed by atoms with Crippen LogP contribution in [0, 0.1) is 0 Å². The van der Waals surface area contributed by atoms with Crippen molar-refractivity contribution in [2.24, 2.45) is 27.9 Å². The van der Waals surface area contributed by atoms with E-state index >= 15 is 0 Å². The van der Waals surface area contributed by atoms with Gasteiger partial charge < -0.3 is 49.1 Å². The van der Waals surface area contributed by atoms with Crippen molar-refractivity contribution in [1.29, 1.82) is 0 Å². The normalized spacial score (nSPS) is 13.7. The number of nitrogens with zero attached hydrogens (tertiary/aromatic N) is 1. The molecular formula is C25H40N8O7. The Bertz CT molecular complexity index is 1020. The molecule has 1 aromatic rings. The highest BCUT2D eigenvalue weighted by Crippen LogP contribution is 2.07. The van der Waals surface area contributed by atoms with Gasteiger partial charge in [0.15, 0.2) is 5.96 Å². The Morgan fingerprint density at radius 2 is 1.35 bits per heavy atom. The smallest absolute Gasteiger partial charge is 0.326 e. The van der Waals surface area contributed by atoms with Gasteiger partial charge in [0.2, 0.25) is 17.7 Å². The Hall–Kier alpha value is -4.24. The molecule has 15 nitrogen and oxygen atoms in total. The van der Waals surface area contributed by atoms with Crippen molar-refractivity contribution >= 4 is 35.6 Å². The number of guanidine groups is 1. The SMILES string of the molecule is NCCCCC(NC(=O)C(CCCN=C(N)N)NC(=O)C(N)Cc1ccccc1)C(=O)NC(CC(=O)O)C(=O)O. The molecule has 40 heavy (non-hydrogen) atoms. The van der Waals surface area contributed by atoms with E-state index in [1.807, 2.05) is 18.2 Å². The molecule has 1 rings (SSSR count). The average molecular weight is 565 g/mol. The summed E-state index contributed by atoms with van der Waals surface area (Å²) in [5.41, 5.74) is 23.1. The summed E-state index contributed by atoms with van der Waals surface area (Å²) in [5, 5.41) is 25.6. The molecule has 0 saturated heterocycles. The summed E-state index contributed by atoms with van der Waals surface area (Å²) in [5.74, 6) is -5.30. The van der Waals surface area contributed by atoms with E-state index in [1.54, 1.807) is 12.1 Å². The second-order valence-electron chi connectivity index (χ2n) is 9.15. The van der Waals surface area contributed by atoms with Gasteiger partial charge in [0, 0.05) is 6.54 Å². The molecule has 0 heterocycles. The van der Waals surface area contributed by atoms with Crippen LogP contribution >= 0.6 is 0 Å². The summed E-state index contributed by atoms with van der Waals surface area (Å²) >= 11 is 0. The fourth-order valence-electron chi connectivity index (χ4n) is 3.69. The van der Waals surface area contributed by atoms with E-state index < -0.39 is 60.2 Å². The van der Waals surface area contributed by atoms with Crippen LogP contribution in [0.15, 0.2) is 35.3 Å². The van der Waals surface area contributed by atoms with Gasteiger partial charge in [-0.3, -0.25) is 24.2 Å². The fraction of sp³-hybridized carbons (Fsp3) is 0.520. The lowest BCUT2D eigenvalue weighted by Crippen LogP contribution is -2.57. The highest BCUT2D eigenvalue weighted by Gasteiger charge is 2.31. The summed E-state index contributed by atoms with van der Waals surface area (Å²) in [6.45, 7) is 0.496. The number of amides is 3. The number of nitrogens with two attached hydrogens (primary N) is 4. The van der Waals surface area contributed by atoms with Gasteiger partial charge >= 0.3 is 11.9 Å². The molecular weight excluding hydrogens is 524 g/mol. The number of carbonyl (C=O) groups excluding carboxylic acids is 3. The Morgan fingerprint density at radius 3 is 1.88 bits per heavy atom. The molecule has 0 bridgehead atoms. The van der Waals surface area contributed by atoms with Crippen LogP contribution in [0.5, 0.6) is 0 Å². The van der Waals surface area contributed by atoms with E-state index in [9.17, 15) is 29.1 Å². The van der Waals surface area contributed by atoms with Crippen LogP contribution in [-0.4, -0.2) is 83.1 Å². The quantitative estimate of drug-likeness (QED) is 0.0491. The molecule has 0 radical (unpaired) electrons. The molecule has 0 fully saturated rings. The lowest BCUT2D eigenvalue weighted by molar-refractivity contribution is -0.147. The van der Waals surface area contributed by atoms with Crippen LogP contribution in [0.2, 0.25) is 0 Å². The lowest BCUT2D eigenvalue weighted by atomic mass is 10.0. The number of aliphatic imine (C=N–C) groups is 1. The van der Waals surface area contributed by atoms with Crippen molar-refractivity contribution in [3.05, 3.63) is 35.9 Å². The summed E-state index contributed by atoms with van der Waals surface area (Å²) < 4.78 is 0. The first kappa shape index (κ1) is 33.8. The molecule has 0 aliphatic rings. The third-order valence-electron chi connectivity index (χ3n) is 5.79. The van der Waals surface area contributed by atoms with E-state index in [-0.39, 0.29) is 31.8 Å². The summed E-state index contributed by atoms with van der Waals surface area (Å²) in [6, 6.07) is 4.05. The Morgan fingerprint density at radius 1 is 0.800 bits per heavy atom. The Labute approximate surface area is 232 Å². The molecule has 13 N–H and O–H groups in total. The molecule has 0 aliphatic carbocycles. The minimum absolute atomic E-state index is 0.0936. The minimum Gasteiger partial charge on any atom is -0.481 e. The molecule has 4 atom stereocenters. The van der Waals surface area contributed by atoms with Gasteiger partial charge in [-0.2, -0.15) is 0 Å². The van der Waals surface area contributed by atoms with Crippen molar-refractivity contribution < 1.29 is 34.2 Å². The lowest BCUT2D eigenvalue weighted by Gasteiger charge is -2.25. The van der Waals surface area contributed by atoms with Crippen LogP contribution in [0.3, 0.4) is 0 Å². The van der Waals surface area contributed by atoms with E-state index in [4.69, 9.17) is 28.0 Å². The van der Waals surface area contributed by atoms with Crippen molar-refractivity contribution in [3.63, 3.8) is 0 Å². The van der Waals surface area contributed by atoms with Crippen LogP contribution in [0.4, 0.5) is 0 Å². The number of nitrogens with one attached hydrogen (secondary N) is 3. The standard InChI is InChI=1S/C25H40N8O7/c26-11-5-4-9-17(23(38)33-19(24(39)40)14-20(34)35)32-22(37)18(10-6-12-30-25(28)29)31-21(36)16(27)13-15-7-2-1-3-8-15/h1-3,7-8,16-19H,4-6,9-14,26-27H2,(H,31,36)(H,32,37)(H,33,38)(H,34,35)(H,39,40)(H4,28,29,30). The second kappa shape index (κ2) is 18.1. The number of benzene rings is 1. The molecule has 0 aliphatic heterocycles. The van der Waals surface area contributed by atoms with Gasteiger partial charge in [0.25, 0.3) is 0 Å². The number of carboxylic acid groups (broad SMARTS) is 2.